The second-order valence-electron chi connectivity index (χ2n) is 4.95. The molecule has 0 amide bonds. The van der Waals surface area contributed by atoms with Crippen LogP contribution >= 0.6 is 0 Å². The maximum Gasteiger partial charge on any atom is 0.304 e. The zero-order chi connectivity index (χ0) is 16.6. The summed E-state index contributed by atoms with van der Waals surface area (Å²) in [6, 6.07) is 11.0. The van der Waals surface area contributed by atoms with Gasteiger partial charge in [-0.2, -0.15) is 0 Å². The Balaban J connectivity index is 2.34. The van der Waals surface area contributed by atoms with Crippen molar-refractivity contribution in [2.75, 3.05) is 0 Å². The van der Waals surface area contributed by atoms with Gasteiger partial charge in [-0.25, -0.2) is 13.6 Å². The van der Waals surface area contributed by atoms with E-state index in [-0.39, 0.29) is 21.5 Å². The maximum atomic E-state index is 13.9. The van der Waals surface area contributed by atoms with E-state index in [0.717, 1.165) is 11.8 Å². The van der Waals surface area contributed by atoms with Crippen LogP contribution in [0.3, 0.4) is 0 Å². The molecule has 0 spiro atoms. The van der Waals surface area contributed by atoms with Gasteiger partial charge < -0.3 is 0 Å². The fraction of sp³-hybridized carbons (Fsp3) is 0.0625. The van der Waals surface area contributed by atoms with Crippen LogP contribution in [-0.2, 0) is 10.8 Å². The smallest absolute Gasteiger partial charge is 0.258 e. The molecule has 0 saturated carbocycles. The Hall–Kier alpha value is -2.67. The van der Waals surface area contributed by atoms with E-state index in [9.17, 15) is 18.7 Å². The molecule has 1 heterocycles. The Morgan fingerprint density at radius 2 is 1.96 bits per heavy atom. The highest BCUT2D eigenvalue weighted by molar-refractivity contribution is 7.85. The minimum absolute atomic E-state index is 0.0332. The highest BCUT2D eigenvalue weighted by Crippen LogP contribution is 2.33. The number of halogens is 1. The number of aromatic nitrogens is 1. The van der Waals surface area contributed by atoms with E-state index in [4.69, 9.17) is 0 Å². The van der Waals surface area contributed by atoms with E-state index < -0.39 is 21.5 Å². The van der Waals surface area contributed by atoms with Crippen LogP contribution in [0.5, 0.6) is 0 Å². The summed E-state index contributed by atoms with van der Waals surface area (Å²) in [7, 11) is -1.82. The summed E-state index contributed by atoms with van der Waals surface area (Å²) >= 11 is 0. The Kier molecular flexibility index (Phi) is 3.87. The third kappa shape index (κ3) is 2.70. The van der Waals surface area contributed by atoms with Crippen molar-refractivity contribution in [1.82, 2.24) is 4.98 Å². The topological polar surface area (TPSA) is 73.1 Å². The van der Waals surface area contributed by atoms with Crippen LogP contribution in [0, 0.1) is 22.9 Å². The van der Waals surface area contributed by atoms with Crippen molar-refractivity contribution in [3.63, 3.8) is 0 Å². The predicted molar refractivity (Wildman–Crippen MR) is 84.2 cm³/mol. The van der Waals surface area contributed by atoms with Gasteiger partial charge in [-0.1, -0.05) is 24.3 Å². The van der Waals surface area contributed by atoms with Crippen molar-refractivity contribution < 1.29 is 13.5 Å². The van der Waals surface area contributed by atoms with Crippen molar-refractivity contribution in [3.8, 4) is 0 Å². The average molecular weight is 330 g/mol. The largest absolute Gasteiger partial charge is 0.304 e. The van der Waals surface area contributed by atoms with E-state index in [0.29, 0.717) is 4.90 Å². The Bertz CT molecular complexity index is 959. The summed E-state index contributed by atoms with van der Waals surface area (Å²) in [5.41, 5.74) is 0.458. The molecule has 0 fully saturated rings. The molecule has 3 rings (SSSR count). The highest BCUT2D eigenvalue weighted by Gasteiger charge is 2.25. The predicted octanol–water partition coefficient (Wildman–Crippen LogP) is 3.76. The van der Waals surface area contributed by atoms with Gasteiger partial charge in [-0.3, -0.25) is 10.1 Å². The second-order valence-corrected chi connectivity index (χ2v) is 6.37. The molecule has 116 valence electrons. The van der Waals surface area contributed by atoms with Crippen molar-refractivity contribution in [2.24, 2.45) is 0 Å². The monoisotopic (exact) mass is 330 g/mol. The third-order valence-corrected chi connectivity index (χ3v) is 4.85. The van der Waals surface area contributed by atoms with Crippen LogP contribution in [0.1, 0.15) is 5.56 Å². The summed E-state index contributed by atoms with van der Waals surface area (Å²) in [5, 5.41) is 11.5. The Morgan fingerprint density at radius 1 is 1.22 bits per heavy atom. The highest BCUT2D eigenvalue weighted by atomic mass is 32.2. The summed E-state index contributed by atoms with van der Waals surface area (Å²) in [4.78, 5) is 14.8. The first-order valence-electron chi connectivity index (χ1n) is 6.69. The van der Waals surface area contributed by atoms with E-state index >= 15 is 0 Å². The van der Waals surface area contributed by atoms with Gasteiger partial charge in [0.15, 0.2) is 0 Å². The van der Waals surface area contributed by atoms with Crippen LogP contribution in [-0.4, -0.2) is 14.1 Å². The summed E-state index contributed by atoms with van der Waals surface area (Å²) < 4.78 is 26.8. The molecule has 1 unspecified atom stereocenters. The molecule has 7 heteroatoms. The van der Waals surface area contributed by atoms with Gasteiger partial charge in [-0.05, 0) is 30.7 Å². The molecule has 0 N–H and O–H groups in total. The number of hydrogen-bond donors (Lipinski definition) is 0. The number of hydrogen-bond acceptors (Lipinski definition) is 4. The molecular weight excluding hydrogens is 319 g/mol. The number of aryl methyl sites for hydroxylation is 1. The first-order valence-corrected chi connectivity index (χ1v) is 7.84. The Labute approximate surface area is 133 Å². The number of fused-ring (bicyclic) bond motifs is 1. The normalized spacial score (nSPS) is 12.3. The summed E-state index contributed by atoms with van der Waals surface area (Å²) in [6.07, 6.45) is 0.953. The van der Waals surface area contributed by atoms with E-state index in [1.165, 1.54) is 18.2 Å². The number of benzene rings is 2. The Morgan fingerprint density at radius 3 is 2.65 bits per heavy atom. The lowest BCUT2D eigenvalue weighted by Crippen LogP contribution is -2.02. The van der Waals surface area contributed by atoms with Crippen LogP contribution in [0.15, 0.2) is 58.5 Å². The molecule has 1 atom stereocenters. The van der Waals surface area contributed by atoms with Gasteiger partial charge in [0.25, 0.3) is 0 Å². The summed E-state index contributed by atoms with van der Waals surface area (Å²) in [5.74, 6) is -0.611. The van der Waals surface area contributed by atoms with Gasteiger partial charge in [0, 0.05) is 10.3 Å². The molecule has 0 radical (unpaired) electrons. The van der Waals surface area contributed by atoms with E-state index in [2.05, 4.69) is 4.98 Å². The fourth-order valence-electron chi connectivity index (χ4n) is 2.33. The number of pyridine rings is 1. The molecule has 0 aliphatic heterocycles. The molecule has 0 saturated heterocycles. The van der Waals surface area contributed by atoms with Crippen molar-refractivity contribution in [1.29, 1.82) is 0 Å². The minimum Gasteiger partial charge on any atom is -0.258 e. The quantitative estimate of drug-likeness (QED) is 0.541. The second kappa shape index (κ2) is 5.85. The third-order valence-electron chi connectivity index (χ3n) is 3.37. The molecule has 0 bridgehead atoms. The summed E-state index contributed by atoms with van der Waals surface area (Å²) in [6.45, 7) is 1.83. The minimum atomic E-state index is -1.82. The molecule has 5 nitrogen and oxygen atoms in total. The molecule has 0 aliphatic carbocycles. The molecule has 3 aromatic rings. The van der Waals surface area contributed by atoms with Gasteiger partial charge in [0.05, 0.1) is 15.7 Å². The average Bonchev–Trinajstić information content (AvgIpc) is 2.53. The SMILES string of the molecule is Cc1cccc(S(=O)c2c([N+](=O)[O-])cnc3c(F)cccc23)c1. The fourth-order valence-corrected chi connectivity index (χ4v) is 3.74. The lowest BCUT2D eigenvalue weighted by atomic mass is 10.2. The molecule has 1 aromatic heterocycles. The van der Waals surface area contributed by atoms with E-state index in [1.54, 1.807) is 18.2 Å². The first kappa shape index (κ1) is 15.2. The van der Waals surface area contributed by atoms with Gasteiger partial charge in [-0.15, -0.1) is 0 Å². The van der Waals surface area contributed by atoms with Gasteiger partial charge in [0.1, 0.15) is 22.4 Å². The molecule has 23 heavy (non-hydrogen) atoms. The van der Waals surface area contributed by atoms with Crippen molar-refractivity contribution in [3.05, 3.63) is 70.2 Å². The van der Waals surface area contributed by atoms with Crippen molar-refractivity contribution >= 4 is 27.4 Å². The van der Waals surface area contributed by atoms with Crippen molar-refractivity contribution in [2.45, 2.75) is 16.7 Å². The maximum absolute atomic E-state index is 13.9. The lowest BCUT2D eigenvalue weighted by Gasteiger charge is -2.08. The van der Waals surface area contributed by atoms with Crippen LogP contribution in [0.4, 0.5) is 10.1 Å². The molecule has 2 aromatic carbocycles. The zero-order valence-electron chi connectivity index (χ0n) is 12.0. The number of rotatable bonds is 3. The first-order chi connectivity index (χ1) is 11.0. The van der Waals surface area contributed by atoms with Crippen LogP contribution in [0.25, 0.3) is 10.9 Å². The number of nitro groups is 1. The zero-order valence-corrected chi connectivity index (χ0v) is 12.8. The standard InChI is InChI=1S/C16H11FN2O3S/c1-10-4-2-5-11(8-10)23(22)16-12-6-3-7-13(17)15(12)18-9-14(16)19(20)21/h2-9H,1H3. The van der Waals surface area contributed by atoms with Crippen LogP contribution < -0.4 is 0 Å². The number of nitrogens with zero attached hydrogens (tertiary/aromatic N) is 2. The van der Waals surface area contributed by atoms with E-state index in [1.807, 2.05) is 13.0 Å². The molecular formula is C16H11FN2O3S. The number of para-hydroxylation sites is 1. The molecule has 0 aliphatic rings. The van der Waals surface area contributed by atoms with Gasteiger partial charge in [0.2, 0.25) is 0 Å². The lowest BCUT2D eigenvalue weighted by molar-refractivity contribution is -0.387. The van der Waals surface area contributed by atoms with Gasteiger partial charge >= 0.3 is 5.69 Å². The van der Waals surface area contributed by atoms with Crippen LogP contribution in [0.2, 0.25) is 0 Å².